The lowest BCUT2D eigenvalue weighted by atomic mass is 10.1. The highest BCUT2D eigenvalue weighted by molar-refractivity contribution is 5.94. The van der Waals surface area contributed by atoms with Crippen LogP contribution in [0.1, 0.15) is 27.3 Å². The molecule has 2 rings (SSSR count). The predicted molar refractivity (Wildman–Crippen MR) is 70.0 cm³/mol. The van der Waals surface area contributed by atoms with E-state index in [0.717, 1.165) is 11.4 Å². The van der Waals surface area contributed by atoms with Crippen LogP contribution in [0.2, 0.25) is 0 Å². The first-order valence-corrected chi connectivity index (χ1v) is 5.78. The molecule has 6 nitrogen and oxygen atoms in total. The number of aromatic nitrogens is 3. The molecule has 0 fully saturated rings. The van der Waals surface area contributed by atoms with Crippen LogP contribution >= 0.6 is 0 Å². The van der Waals surface area contributed by atoms with Gasteiger partial charge in [0.25, 0.3) is 0 Å². The maximum Gasteiger partial charge on any atom is 0.339 e. The largest absolute Gasteiger partial charge is 0.478 e. The third-order valence-electron chi connectivity index (χ3n) is 2.64. The average Bonchev–Trinajstić information content (AvgIpc) is 2.37. The fourth-order valence-electron chi connectivity index (χ4n) is 1.65. The average molecular weight is 258 g/mol. The van der Waals surface area contributed by atoms with Gasteiger partial charge in [0.05, 0.1) is 24.1 Å². The topological polar surface area (TPSA) is 88.0 Å². The molecule has 6 heteroatoms. The summed E-state index contributed by atoms with van der Waals surface area (Å²) < 4.78 is 0. The van der Waals surface area contributed by atoms with Crippen LogP contribution in [-0.2, 0) is 6.54 Å². The summed E-state index contributed by atoms with van der Waals surface area (Å²) in [4.78, 5) is 23.6. The first-order chi connectivity index (χ1) is 9.08. The van der Waals surface area contributed by atoms with E-state index in [1.54, 1.807) is 31.6 Å². The number of carboxylic acids is 1. The molecule has 0 radical (unpaired) electrons. The minimum absolute atomic E-state index is 0.183. The molecule has 19 heavy (non-hydrogen) atoms. The van der Waals surface area contributed by atoms with Crippen LogP contribution in [0.4, 0.5) is 5.82 Å². The maximum atomic E-state index is 11.2. The molecule has 2 N–H and O–H groups in total. The van der Waals surface area contributed by atoms with Gasteiger partial charge in [-0.1, -0.05) is 0 Å². The van der Waals surface area contributed by atoms with Gasteiger partial charge in [0.1, 0.15) is 11.4 Å². The second kappa shape index (κ2) is 5.43. The van der Waals surface area contributed by atoms with Crippen molar-refractivity contribution < 1.29 is 9.90 Å². The molecule has 2 aromatic heterocycles. The van der Waals surface area contributed by atoms with Crippen LogP contribution in [0, 0.1) is 13.8 Å². The maximum absolute atomic E-state index is 11.2. The Labute approximate surface area is 110 Å². The Hall–Kier alpha value is -2.50. The second-order valence-electron chi connectivity index (χ2n) is 4.16. The van der Waals surface area contributed by atoms with E-state index in [-0.39, 0.29) is 5.56 Å². The molecule has 0 aliphatic heterocycles. The number of aryl methyl sites for hydroxylation is 2. The van der Waals surface area contributed by atoms with E-state index in [1.165, 1.54) is 0 Å². The number of rotatable bonds is 4. The Kier molecular flexibility index (Phi) is 3.70. The number of hydrogen-bond donors (Lipinski definition) is 2. The second-order valence-corrected chi connectivity index (χ2v) is 4.16. The van der Waals surface area contributed by atoms with Gasteiger partial charge in [0, 0.05) is 12.4 Å². The van der Waals surface area contributed by atoms with Gasteiger partial charge in [-0.3, -0.25) is 9.97 Å². The van der Waals surface area contributed by atoms with Gasteiger partial charge < -0.3 is 10.4 Å². The summed E-state index contributed by atoms with van der Waals surface area (Å²) in [5, 5.41) is 12.1. The van der Waals surface area contributed by atoms with E-state index in [1.807, 2.05) is 6.92 Å². The van der Waals surface area contributed by atoms with Crippen LogP contribution in [0.5, 0.6) is 0 Å². The van der Waals surface area contributed by atoms with E-state index in [0.29, 0.717) is 17.9 Å². The van der Waals surface area contributed by atoms with Crippen molar-refractivity contribution in [3.8, 4) is 0 Å². The van der Waals surface area contributed by atoms with Crippen molar-refractivity contribution in [2.45, 2.75) is 20.4 Å². The summed E-state index contributed by atoms with van der Waals surface area (Å²) in [6.07, 6.45) is 4.89. The number of carboxylic acid groups (broad SMARTS) is 1. The molecule has 0 aromatic carbocycles. The molecule has 0 bridgehead atoms. The summed E-state index contributed by atoms with van der Waals surface area (Å²) in [5.41, 5.74) is 2.41. The summed E-state index contributed by atoms with van der Waals surface area (Å²) in [7, 11) is 0. The van der Waals surface area contributed by atoms with Crippen molar-refractivity contribution in [2.75, 3.05) is 5.32 Å². The van der Waals surface area contributed by atoms with Crippen molar-refractivity contribution in [3.05, 3.63) is 47.2 Å². The zero-order chi connectivity index (χ0) is 13.8. The Morgan fingerprint density at radius 2 is 2.05 bits per heavy atom. The van der Waals surface area contributed by atoms with Crippen molar-refractivity contribution in [1.82, 2.24) is 15.0 Å². The van der Waals surface area contributed by atoms with Crippen LogP contribution in [0.15, 0.2) is 24.7 Å². The van der Waals surface area contributed by atoms with E-state index < -0.39 is 5.97 Å². The summed E-state index contributed by atoms with van der Waals surface area (Å²) in [6, 6.07) is 1.67. The SMILES string of the molecule is Cc1cnc(CNc2nccc(C)c2C(=O)O)cn1. The van der Waals surface area contributed by atoms with Gasteiger partial charge in [0.15, 0.2) is 0 Å². The monoisotopic (exact) mass is 258 g/mol. The molecule has 0 spiro atoms. The molecule has 0 amide bonds. The molecule has 0 aliphatic carbocycles. The number of pyridine rings is 1. The third kappa shape index (κ3) is 3.04. The van der Waals surface area contributed by atoms with Gasteiger partial charge >= 0.3 is 5.97 Å². The Morgan fingerprint density at radius 1 is 1.26 bits per heavy atom. The highest BCUT2D eigenvalue weighted by Crippen LogP contribution is 2.17. The van der Waals surface area contributed by atoms with Crippen molar-refractivity contribution in [3.63, 3.8) is 0 Å². The van der Waals surface area contributed by atoms with Crippen LogP contribution in [0.25, 0.3) is 0 Å². The Balaban J connectivity index is 2.18. The highest BCUT2D eigenvalue weighted by atomic mass is 16.4. The van der Waals surface area contributed by atoms with Crippen LogP contribution in [-0.4, -0.2) is 26.0 Å². The first-order valence-electron chi connectivity index (χ1n) is 5.78. The van der Waals surface area contributed by atoms with Gasteiger partial charge in [-0.2, -0.15) is 0 Å². The molecule has 98 valence electrons. The summed E-state index contributed by atoms with van der Waals surface area (Å²) >= 11 is 0. The van der Waals surface area contributed by atoms with E-state index in [4.69, 9.17) is 0 Å². The van der Waals surface area contributed by atoms with E-state index >= 15 is 0 Å². The number of anilines is 1. The lowest BCUT2D eigenvalue weighted by molar-refractivity contribution is 0.0697. The number of aromatic carboxylic acids is 1. The predicted octanol–water partition coefficient (Wildman–Crippen LogP) is 1.80. The van der Waals surface area contributed by atoms with Crippen molar-refractivity contribution in [1.29, 1.82) is 0 Å². The fourth-order valence-corrected chi connectivity index (χ4v) is 1.65. The molecular formula is C13H14N4O2. The lowest BCUT2D eigenvalue weighted by Gasteiger charge is -2.09. The highest BCUT2D eigenvalue weighted by Gasteiger charge is 2.14. The van der Waals surface area contributed by atoms with Gasteiger partial charge in [-0.25, -0.2) is 9.78 Å². The minimum atomic E-state index is -0.997. The summed E-state index contributed by atoms with van der Waals surface area (Å²) in [6.45, 7) is 3.97. The Bertz CT molecular complexity index is 596. The summed E-state index contributed by atoms with van der Waals surface area (Å²) in [5.74, 6) is -0.655. The number of nitrogens with zero attached hydrogens (tertiary/aromatic N) is 3. The minimum Gasteiger partial charge on any atom is -0.478 e. The molecule has 2 aromatic rings. The number of nitrogens with one attached hydrogen (secondary N) is 1. The first kappa shape index (κ1) is 12.9. The zero-order valence-electron chi connectivity index (χ0n) is 10.7. The van der Waals surface area contributed by atoms with E-state index in [2.05, 4.69) is 20.3 Å². The molecule has 0 atom stereocenters. The van der Waals surface area contributed by atoms with Crippen molar-refractivity contribution >= 4 is 11.8 Å². The molecule has 0 saturated heterocycles. The number of carbonyl (C=O) groups is 1. The van der Waals surface area contributed by atoms with Gasteiger partial charge in [-0.05, 0) is 25.5 Å². The van der Waals surface area contributed by atoms with Crippen LogP contribution in [0.3, 0.4) is 0 Å². The van der Waals surface area contributed by atoms with Crippen molar-refractivity contribution in [2.24, 2.45) is 0 Å². The molecular weight excluding hydrogens is 244 g/mol. The molecule has 0 saturated carbocycles. The quantitative estimate of drug-likeness (QED) is 0.869. The third-order valence-corrected chi connectivity index (χ3v) is 2.64. The van der Waals surface area contributed by atoms with Gasteiger partial charge in [0.2, 0.25) is 0 Å². The number of hydrogen-bond acceptors (Lipinski definition) is 5. The molecule has 2 heterocycles. The Morgan fingerprint density at radius 3 is 2.68 bits per heavy atom. The van der Waals surface area contributed by atoms with Gasteiger partial charge in [-0.15, -0.1) is 0 Å². The zero-order valence-corrected chi connectivity index (χ0v) is 10.7. The van der Waals surface area contributed by atoms with E-state index in [9.17, 15) is 9.90 Å². The standard InChI is InChI=1S/C13H14N4O2/c1-8-3-4-14-12(11(8)13(18)19)17-7-10-6-15-9(2)5-16-10/h3-6H,7H2,1-2H3,(H,14,17)(H,18,19). The molecule has 0 aliphatic rings. The van der Waals surface area contributed by atoms with Crippen LogP contribution < -0.4 is 5.32 Å². The lowest BCUT2D eigenvalue weighted by Crippen LogP contribution is -2.10. The molecule has 0 unspecified atom stereocenters. The normalized spacial score (nSPS) is 10.2. The smallest absolute Gasteiger partial charge is 0.339 e. The fraction of sp³-hybridized carbons (Fsp3) is 0.231.